The van der Waals surface area contributed by atoms with Crippen LogP contribution in [0.15, 0.2) is 30.3 Å². The van der Waals surface area contributed by atoms with Crippen molar-refractivity contribution < 1.29 is 19.4 Å². The molecule has 0 saturated carbocycles. The van der Waals surface area contributed by atoms with Crippen LogP contribution in [0.25, 0.3) is 11.3 Å². The number of amides is 2. The Balaban J connectivity index is 1.26. The number of carbonyl (C=O) groups is 2. The number of phenols is 1. The quantitative estimate of drug-likeness (QED) is 0.656. The highest BCUT2D eigenvalue weighted by Crippen LogP contribution is 2.36. The third-order valence-corrected chi connectivity index (χ3v) is 6.99. The zero-order chi connectivity index (χ0) is 25.4. The van der Waals surface area contributed by atoms with Gasteiger partial charge in [-0.1, -0.05) is 12.1 Å². The van der Waals surface area contributed by atoms with Gasteiger partial charge in [-0.2, -0.15) is 0 Å². The summed E-state index contributed by atoms with van der Waals surface area (Å²) in [6.07, 6.45) is 1.23. The van der Waals surface area contributed by atoms with Crippen molar-refractivity contribution in [3.63, 3.8) is 0 Å². The van der Waals surface area contributed by atoms with E-state index in [0.717, 1.165) is 18.5 Å². The Labute approximate surface area is 211 Å². The molecule has 2 fully saturated rings. The molecule has 1 aromatic heterocycles. The predicted molar refractivity (Wildman–Crippen MR) is 136 cm³/mol. The Bertz CT molecular complexity index is 1150. The van der Waals surface area contributed by atoms with Gasteiger partial charge >= 0.3 is 6.09 Å². The average molecular weight is 495 g/mol. The summed E-state index contributed by atoms with van der Waals surface area (Å²) in [5, 5.41) is 22.3. The number of hydrogen-bond donors (Lipinski definition) is 2. The molecule has 0 bridgehead atoms. The van der Waals surface area contributed by atoms with Gasteiger partial charge in [0.1, 0.15) is 11.4 Å². The van der Waals surface area contributed by atoms with E-state index < -0.39 is 5.60 Å². The molecule has 0 spiro atoms. The molecule has 1 aromatic carbocycles. The second-order valence-electron chi connectivity index (χ2n) is 10.8. The minimum Gasteiger partial charge on any atom is -0.507 e. The third kappa shape index (κ3) is 4.89. The molecule has 2 atom stereocenters. The molecule has 2 N–H and O–H groups in total. The van der Waals surface area contributed by atoms with Crippen molar-refractivity contribution in [3.05, 3.63) is 30.3 Å². The second kappa shape index (κ2) is 9.48. The molecule has 36 heavy (non-hydrogen) atoms. The van der Waals surface area contributed by atoms with E-state index in [-0.39, 0.29) is 29.7 Å². The van der Waals surface area contributed by atoms with Crippen molar-refractivity contribution in [3.8, 4) is 17.0 Å². The van der Waals surface area contributed by atoms with Gasteiger partial charge < -0.3 is 29.9 Å². The van der Waals surface area contributed by atoms with E-state index in [1.807, 2.05) is 43.9 Å². The fraction of sp³-hybridized carbons (Fsp3) is 0.538. The second-order valence-corrected chi connectivity index (χ2v) is 10.8. The summed E-state index contributed by atoms with van der Waals surface area (Å²) in [6.45, 7) is 9.12. The molecule has 2 amide bonds. The van der Waals surface area contributed by atoms with Crippen LogP contribution in [0.4, 0.5) is 16.3 Å². The van der Waals surface area contributed by atoms with Gasteiger partial charge in [-0.05, 0) is 51.8 Å². The van der Waals surface area contributed by atoms with Crippen molar-refractivity contribution in [2.45, 2.75) is 45.3 Å². The average Bonchev–Trinajstić information content (AvgIpc) is 2.87. The van der Waals surface area contributed by atoms with Crippen LogP contribution in [0.1, 0.15) is 33.6 Å². The number of phenolic OH excluding ortho intramolecular Hbond substituents is 1. The van der Waals surface area contributed by atoms with Crippen LogP contribution in [0.3, 0.4) is 0 Å². The molecule has 5 rings (SSSR count). The van der Waals surface area contributed by atoms with E-state index in [0.29, 0.717) is 56.3 Å². The molecule has 0 radical (unpaired) electrons. The normalized spacial score (nSPS) is 21.8. The molecule has 2 saturated heterocycles. The number of ether oxygens (including phenoxy) is 1. The first-order chi connectivity index (χ1) is 17.2. The van der Waals surface area contributed by atoms with Gasteiger partial charge in [0.05, 0.1) is 23.3 Å². The van der Waals surface area contributed by atoms with E-state index in [1.54, 1.807) is 17.0 Å². The highest BCUT2D eigenvalue weighted by Gasteiger charge is 2.38. The van der Waals surface area contributed by atoms with E-state index in [2.05, 4.69) is 20.4 Å². The number of aromatic nitrogens is 2. The number of piperidine rings is 1. The number of hydrogen-bond acceptors (Lipinski definition) is 8. The number of aromatic hydroxyl groups is 1. The zero-order valence-electron chi connectivity index (χ0n) is 21.1. The van der Waals surface area contributed by atoms with Gasteiger partial charge in [-0.15, -0.1) is 10.2 Å². The number of piperazine rings is 1. The molecule has 10 nitrogen and oxygen atoms in total. The fourth-order valence-electron chi connectivity index (χ4n) is 5.24. The Morgan fingerprint density at radius 2 is 1.89 bits per heavy atom. The Morgan fingerprint density at radius 3 is 2.67 bits per heavy atom. The summed E-state index contributed by atoms with van der Waals surface area (Å²) in [7, 11) is 0. The first-order valence-corrected chi connectivity index (χ1v) is 12.6. The van der Waals surface area contributed by atoms with Gasteiger partial charge in [0, 0.05) is 44.8 Å². The van der Waals surface area contributed by atoms with Crippen molar-refractivity contribution in [2.24, 2.45) is 5.92 Å². The van der Waals surface area contributed by atoms with Gasteiger partial charge in [-0.3, -0.25) is 4.79 Å². The molecular weight excluding hydrogens is 460 g/mol. The Hall–Kier alpha value is -3.56. The molecule has 2 aromatic rings. The SMILES string of the molecule is CC(C)(C)OC(=O)N1CCC[C@@H](C(=O)N2CCN3c4cc(-c5ccccc5O)nnc4NC[C@H]3C2)C1. The smallest absolute Gasteiger partial charge is 0.410 e. The molecule has 4 heterocycles. The number of fused-ring (bicyclic) bond motifs is 3. The number of likely N-dealkylation sites (tertiary alicyclic amines) is 1. The van der Waals surface area contributed by atoms with Crippen molar-refractivity contribution >= 4 is 23.5 Å². The van der Waals surface area contributed by atoms with Crippen LogP contribution < -0.4 is 10.2 Å². The van der Waals surface area contributed by atoms with Crippen LogP contribution in [-0.2, 0) is 9.53 Å². The minimum absolute atomic E-state index is 0.0992. The van der Waals surface area contributed by atoms with Crippen LogP contribution in [0.5, 0.6) is 5.75 Å². The van der Waals surface area contributed by atoms with Gasteiger partial charge in [0.15, 0.2) is 5.82 Å². The number of rotatable bonds is 2. The number of nitrogens with zero attached hydrogens (tertiary/aromatic N) is 5. The summed E-state index contributed by atoms with van der Waals surface area (Å²) in [4.78, 5) is 31.9. The summed E-state index contributed by atoms with van der Waals surface area (Å²) < 4.78 is 5.52. The number of benzene rings is 1. The lowest BCUT2D eigenvalue weighted by Crippen LogP contribution is -2.60. The Kier molecular flexibility index (Phi) is 6.36. The molecule has 0 aliphatic carbocycles. The van der Waals surface area contributed by atoms with Gasteiger partial charge in [-0.25, -0.2) is 4.79 Å². The number of carbonyl (C=O) groups excluding carboxylic acids is 2. The predicted octanol–water partition coefficient (Wildman–Crippen LogP) is 2.94. The Morgan fingerprint density at radius 1 is 1.08 bits per heavy atom. The standard InChI is InChI=1S/C26H34N6O4/c1-26(2,3)36-25(35)31-10-6-7-17(15-31)24(34)30-11-12-32-18(16-30)14-27-23-21(32)13-20(28-29-23)19-8-4-5-9-22(19)33/h4-5,8-9,13,17-18,33H,6-7,10-12,14-16H2,1-3H3,(H,27,29)/t17-,18+/m1/s1. The largest absolute Gasteiger partial charge is 0.507 e. The third-order valence-electron chi connectivity index (χ3n) is 6.99. The molecule has 3 aliphatic heterocycles. The van der Waals surface area contributed by atoms with Crippen LogP contribution in [0, 0.1) is 5.92 Å². The summed E-state index contributed by atoms with van der Waals surface area (Å²) >= 11 is 0. The highest BCUT2D eigenvalue weighted by atomic mass is 16.6. The topological polar surface area (TPSA) is 111 Å². The lowest BCUT2D eigenvalue weighted by molar-refractivity contribution is -0.138. The zero-order valence-corrected chi connectivity index (χ0v) is 21.1. The minimum atomic E-state index is -0.557. The first kappa shape index (κ1) is 24.1. The summed E-state index contributed by atoms with van der Waals surface area (Å²) in [5.74, 6) is 0.775. The molecule has 3 aliphatic rings. The molecule has 0 unspecified atom stereocenters. The van der Waals surface area contributed by atoms with Crippen molar-refractivity contribution in [1.82, 2.24) is 20.0 Å². The van der Waals surface area contributed by atoms with E-state index in [4.69, 9.17) is 4.74 Å². The molecular formula is C26H34N6O4. The van der Waals surface area contributed by atoms with Crippen LogP contribution >= 0.6 is 0 Å². The highest BCUT2D eigenvalue weighted by molar-refractivity contribution is 5.81. The molecule has 192 valence electrons. The summed E-state index contributed by atoms with van der Waals surface area (Å²) in [5.41, 5.74) is 1.62. The lowest BCUT2D eigenvalue weighted by atomic mass is 9.95. The fourth-order valence-corrected chi connectivity index (χ4v) is 5.24. The number of para-hydroxylation sites is 1. The first-order valence-electron chi connectivity index (χ1n) is 12.6. The van der Waals surface area contributed by atoms with Crippen LogP contribution in [0.2, 0.25) is 0 Å². The van der Waals surface area contributed by atoms with E-state index in [1.165, 1.54) is 0 Å². The maximum absolute atomic E-state index is 13.5. The lowest BCUT2D eigenvalue weighted by Gasteiger charge is -2.46. The maximum atomic E-state index is 13.5. The maximum Gasteiger partial charge on any atom is 0.410 e. The van der Waals surface area contributed by atoms with Crippen LogP contribution in [-0.4, -0.2) is 88.0 Å². The number of anilines is 2. The molecule has 10 heteroatoms. The van der Waals surface area contributed by atoms with Gasteiger partial charge in [0.2, 0.25) is 5.91 Å². The van der Waals surface area contributed by atoms with E-state index in [9.17, 15) is 14.7 Å². The van der Waals surface area contributed by atoms with Crippen molar-refractivity contribution in [2.75, 3.05) is 49.5 Å². The summed E-state index contributed by atoms with van der Waals surface area (Å²) in [6, 6.07) is 9.14. The van der Waals surface area contributed by atoms with Crippen molar-refractivity contribution in [1.29, 1.82) is 0 Å². The van der Waals surface area contributed by atoms with Gasteiger partial charge in [0.25, 0.3) is 0 Å². The number of nitrogens with one attached hydrogen (secondary N) is 1. The monoisotopic (exact) mass is 494 g/mol. The van der Waals surface area contributed by atoms with E-state index >= 15 is 0 Å².